The number of amides is 1. The molecular formula is C26H35N3O7S2. The first-order valence-electron chi connectivity index (χ1n) is 12.8. The molecule has 0 aliphatic carbocycles. The molecule has 0 unspecified atom stereocenters. The maximum atomic E-state index is 13.2. The Bertz CT molecular complexity index is 1310. The Morgan fingerprint density at radius 2 is 1.76 bits per heavy atom. The maximum Gasteiger partial charge on any atom is 0.246 e. The van der Waals surface area contributed by atoms with Crippen LogP contribution in [0.3, 0.4) is 0 Å². The number of piperidine rings is 1. The average molecular weight is 566 g/mol. The normalized spacial score (nSPS) is 19.7. The van der Waals surface area contributed by atoms with E-state index in [2.05, 4.69) is 5.32 Å². The van der Waals surface area contributed by atoms with E-state index in [0.29, 0.717) is 51.1 Å². The van der Waals surface area contributed by atoms with E-state index in [-0.39, 0.29) is 41.9 Å². The quantitative estimate of drug-likeness (QED) is 0.469. The SMILES string of the molecule is COc1ccc(NC(=O)[C@@H]2CCCN(S(=O)(=O)CCCc3ccccc3)C2)cc1S(=O)(=O)N1CCOCC1. The maximum absolute atomic E-state index is 13.2. The second-order valence-electron chi connectivity index (χ2n) is 9.47. The predicted octanol–water partition coefficient (Wildman–Crippen LogP) is 2.33. The number of nitrogens with one attached hydrogen (secondary N) is 1. The van der Waals surface area contributed by atoms with Crippen LogP contribution in [0.4, 0.5) is 5.69 Å². The van der Waals surface area contributed by atoms with Crippen molar-refractivity contribution < 1.29 is 31.1 Å². The van der Waals surface area contributed by atoms with E-state index < -0.39 is 26.0 Å². The largest absolute Gasteiger partial charge is 0.495 e. The molecule has 2 aliphatic rings. The topological polar surface area (TPSA) is 122 Å². The van der Waals surface area contributed by atoms with Crippen molar-refractivity contribution in [3.8, 4) is 5.75 Å². The minimum absolute atomic E-state index is 0.0253. The Morgan fingerprint density at radius 3 is 2.47 bits per heavy atom. The number of nitrogens with zero attached hydrogens (tertiary/aromatic N) is 2. The van der Waals surface area contributed by atoms with Gasteiger partial charge in [0.15, 0.2) is 0 Å². The Kier molecular flexibility index (Phi) is 9.42. The van der Waals surface area contributed by atoms with Gasteiger partial charge in [0.25, 0.3) is 0 Å². The fourth-order valence-corrected chi connectivity index (χ4v) is 7.94. The molecule has 2 aromatic rings. The molecule has 208 valence electrons. The second kappa shape index (κ2) is 12.6. The number of benzene rings is 2. The number of carbonyl (C=O) groups is 1. The van der Waals surface area contributed by atoms with Gasteiger partial charge in [0.1, 0.15) is 10.6 Å². The van der Waals surface area contributed by atoms with E-state index in [4.69, 9.17) is 9.47 Å². The lowest BCUT2D eigenvalue weighted by atomic mass is 9.98. The summed E-state index contributed by atoms with van der Waals surface area (Å²) in [7, 11) is -5.96. The van der Waals surface area contributed by atoms with Crippen molar-refractivity contribution in [3.63, 3.8) is 0 Å². The van der Waals surface area contributed by atoms with Gasteiger partial charge in [-0.25, -0.2) is 21.1 Å². The van der Waals surface area contributed by atoms with Gasteiger partial charge in [-0.2, -0.15) is 4.31 Å². The molecular weight excluding hydrogens is 530 g/mol. The third-order valence-corrected chi connectivity index (χ3v) is 10.7. The number of morpholine rings is 1. The van der Waals surface area contributed by atoms with E-state index in [0.717, 1.165) is 5.56 Å². The van der Waals surface area contributed by atoms with Crippen LogP contribution >= 0.6 is 0 Å². The molecule has 2 aliphatic heterocycles. The highest BCUT2D eigenvalue weighted by Gasteiger charge is 2.33. The van der Waals surface area contributed by atoms with E-state index in [1.165, 1.54) is 27.9 Å². The Labute approximate surface area is 225 Å². The Balaban J connectivity index is 1.40. The summed E-state index contributed by atoms with van der Waals surface area (Å²) in [6, 6.07) is 14.2. The highest BCUT2D eigenvalue weighted by molar-refractivity contribution is 7.89. The lowest BCUT2D eigenvalue weighted by molar-refractivity contribution is -0.120. The van der Waals surface area contributed by atoms with E-state index in [9.17, 15) is 21.6 Å². The first kappa shape index (κ1) is 28.5. The number of methoxy groups -OCH3 is 1. The number of anilines is 1. The highest BCUT2D eigenvalue weighted by atomic mass is 32.2. The number of sulfonamides is 2. The lowest BCUT2D eigenvalue weighted by Crippen LogP contribution is -2.44. The minimum atomic E-state index is -3.86. The van der Waals surface area contributed by atoms with Gasteiger partial charge in [-0.3, -0.25) is 4.79 Å². The molecule has 2 aromatic carbocycles. The molecule has 1 atom stereocenters. The van der Waals surface area contributed by atoms with Gasteiger partial charge in [0.2, 0.25) is 26.0 Å². The summed E-state index contributed by atoms with van der Waals surface area (Å²) >= 11 is 0. The predicted molar refractivity (Wildman–Crippen MR) is 144 cm³/mol. The molecule has 2 fully saturated rings. The minimum Gasteiger partial charge on any atom is -0.495 e. The molecule has 12 heteroatoms. The summed E-state index contributed by atoms with van der Waals surface area (Å²) < 4.78 is 65.7. The average Bonchev–Trinajstić information content (AvgIpc) is 2.94. The molecule has 0 saturated carbocycles. The summed E-state index contributed by atoms with van der Waals surface area (Å²) in [5.74, 6) is -0.666. The van der Waals surface area contributed by atoms with Crippen LogP contribution in [0, 0.1) is 5.92 Å². The number of carbonyl (C=O) groups excluding carboxylic acids is 1. The van der Waals surface area contributed by atoms with Crippen LogP contribution < -0.4 is 10.1 Å². The molecule has 0 radical (unpaired) electrons. The van der Waals surface area contributed by atoms with Gasteiger partial charge >= 0.3 is 0 Å². The van der Waals surface area contributed by atoms with Crippen LogP contribution in [0.2, 0.25) is 0 Å². The van der Waals surface area contributed by atoms with Crippen LogP contribution in [0.15, 0.2) is 53.4 Å². The zero-order valence-electron chi connectivity index (χ0n) is 21.5. The smallest absolute Gasteiger partial charge is 0.246 e. The summed E-state index contributed by atoms with van der Waals surface area (Å²) in [5.41, 5.74) is 1.40. The molecule has 4 rings (SSSR count). The zero-order valence-corrected chi connectivity index (χ0v) is 23.2. The van der Waals surface area contributed by atoms with E-state index in [1.807, 2.05) is 30.3 Å². The van der Waals surface area contributed by atoms with Gasteiger partial charge in [-0.15, -0.1) is 0 Å². The fraction of sp³-hybridized carbons (Fsp3) is 0.500. The van der Waals surface area contributed by atoms with Crippen molar-refractivity contribution in [2.45, 2.75) is 30.6 Å². The van der Waals surface area contributed by atoms with Crippen molar-refractivity contribution in [1.82, 2.24) is 8.61 Å². The summed E-state index contributed by atoms with van der Waals surface area (Å²) in [6.45, 7) is 1.59. The molecule has 0 bridgehead atoms. The zero-order chi connectivity index (χ0) is 27.2. The summed E-state index contributed by atoms with van der Waals surface area (Å²) in [4.78, 5) is 13.1. The molecule has 10 nitrogen and oxygen atoms in total. The Morgan fingerprint density at radius 1 is 1.03 bits per heavy atom. The van der Waals surface area contributed by atoms with Crippen LogP contribution in [0.1, 0.15) is 24.8 Å². The number of hydrogen-bond donors (Lipinski definition) is 1. The van der Waals surface area contributed by atoms with Crippen molar-refractivity contribution in [3.05, 3.63) is 54.1 Å². The fourth-order valence-electron chi connectivity index (χ4n) is 4.77. The molecule has 0 spiro atoms. The number of rotatable bonds is 10. The first-order chi connectivity index (χ1) is 18.2. The highest BCUT2D eigenvalue weighted by Crippen LogP contribution is 2.31. The summed E-state index contributed by atoms with van der Waals surface area (Å²) in [5, 5.41) is 2.79. The summed E-state index contributed by atoms with van der Waals surface area (Å²) in [6.07, 6.45) is 2.31. The van der Waals surface area contributed by atoms with E-state index >= 15 is 0 Å². The monoisotopic (exact) mass is 565 g/mol. The van der Waals surface area contributed by atoms with Gasteiger partial charge in [0.05, 0.1) is 32.0 Å². The molecule has 1 N–H and O–H groups in total. The number of ether oxygens (including phenoxy) is 2. The van der Waals surface area contributed by atoms with Gasteiger partial charge < -0.3 is 14.8 Å². The third-order valence-electron chi connectivity index (χ3n) is 6.88. The number of aryl methyl sites for hydroxylation is 1. The van der Waals surface area contributed by atoms with Crippen LogP contribution in [0.25, 0.3) is 0 Å². The number of hydrogen-bond acceptors (Lipinski definition) is 7. The van der Waals surface area contributed by atoms with Gasteiger partial charge in [0, 0.05) is 31.9 Å². The van der Waals surface area contributed by atoms with Crippen molar-refractivity contribution in [2.24, 2.45) is 5.92 Å². The molecule has 1 amide bonds. The van der Waals surface area contributed by atoms with Crippen molar-refractivity contribution >= 4 is 31.6 Å². The molecule has 0 aromatic heterocycles. The van der Waals surface area contributed by atoms with Crippen LogP contribution in [-0.2, 0) is 36.0 Å². The molecule has 2 saturated heterocycles. The van der Waals surface area contributed by atoms with Gasteiger partial charge in [-0.05, 0) is 49.4 Å². The Hall–Kier alpha value is -2.51. The van der Waals surface area contributed by atoms with Crippen LogP contribution in [0.5, 0.6) is 5.75 Å². The second-order valence-corrected chi connectivity index (χ2v) is 13.5. The first-order valence-corrected chi connectivity index (χ1v) is 15.8. The van der Waals surface area contributed by atoms with Gasteiger partial charge in [-0.1, -0.05) is 30.3 Å². The molecule has 38 heavy (non-hydrogen) atoms. The van der Waals surface area contributed by atoms with Crippen LogP contribution in [-0.4, -0.2) is 83.6 Å². The third kappa shape index (κ3) is 6.92. The van der Waals surface area contributed by atoms with E-state index in [1.54, 1.807) is 6.07 Å². The lowest BCUT2D eigenvalue weighted by Gasteiger charge is -2.31. The van der Waals surface area contributed by atoms with Crippen molar-refractivity contribution in [1.29, 1.82) is 0 Å². The van der Waals surface area contributed by atoms with Crippen molar-refractivity contribution in [2.75, 3.05) is 57.6 Å². The molecule has 2 heterocycles. The standard InChI is InChI=1S/C26H35N3O7S2/c1-35-24-12-11-23(19-25(24)38(33,34)28-14-16-36-17-15-28)27-26(30)22-10-5-13-29(20-22)37(31,32)18-6-9-21-7-3-2-4-8-21/h2-4,7-8,11-12,19,22H,5-6,9-10,13-18,20H2,1H3,(H,27,30)/t22-/m1/s1.